The molecule has 4 aliphatic rings. The summed E-state index contributed by atoms with van der Waals surface area (Å²) >= 11 is 6.14. The number of halogens is 3. The van der Waals surface area contributed by atoms with Gasteiger partial charge in [0.25, 0.3) is 5.92 Å². The van der Waals surface area contributed by atoms with Crippen molar-refractivity contribution in [1.82, 2.24) is 15.5 Å². The average molecular weight is 522 g/mol. The van der Waals surface area contributed by atoms with Gasteiger partial charge in [0.15, 0.2) is 0 Å². The molecule has 3 saturated heterocycles. The van der Waals surface area contributed by atoms with Crippen LogP contribution in [0.5, 0.6) is 0 Å². The van der Waals surface area contributed by atoms with E-state index in [1.807, 2.05) is 6.07 Å². The Morgan fingerprint density at radius 2 is 2.11 bits per heavy atom. The minimum absolute atomic E-state index is 0.0921. The summed E-state index contributed by atoms with van der Waals surface area (Å²) in [7, 11) is 0. The fourth-order valence-electron chi connectivity index (χ4n) is 5.67. The molecule has 1 aromatic carbocycles. The molecule has 4 fully saturated rings. The zero-order valence-corrected chi connectivity index (χ0v) is 20.8. The largest absolute Gasteiger partial charge is 0.376 e. The maximum absolute atomic E-state index is 14.9. The highest BCUT2D eigenvalue weighted by molar-refractivity contribution is 6.31. The van der Waals surface area contributed by atoms with Crippen LogP contribution in [0.1, 0.15) is 44.1 Å². The Labute approximate surface area is 213 Å². The minimum atomic E-state index is -3.09. The number of nitrogens with zero attached hydrogens (tertiary/aromatic N) is 2. The van der Waals surface area contributed by atoms with Crippen LogP contribution in [0.2, 0.25) is 5.02 Å². The number of anilines is 1. The van der Waals surface area contributed by atoms with Crippen molar-refractivity contribution >= 4 is 35.0 Å². The maximum atomic E-state index is 14.9. The van der Waals surface area contributed by atoms with E-state index in [0.717, 1.165) is 12.0 Å². The van der Waals surface area contributed by atoms with Gasteiger partial charge in [-0.25, -0.2) is 8.78 Å². The zero-order valence-electron chi connectivity index (χ0n) is 20.0. The van der Waals surface area contributed by atoms with Gasteiger partial charge in [0, 0.05) is 35.6 Å². The van der Waals surface area contributed by atoms with Gasteiger partial charge in [-0.15, -0.1) is 0 Å². The molecular formula is C25H30ClF2N5O3. The van der Waals surface area contributed by atoms with Crippen molar-refractivity contribution in [2.24, 2.45) is 11.8 Å². The molecule has 1 aliphatic carbocycles. The van der Waals surface area contributed by atoms with Crippen molar-refractivity contribution in [3.63, 3.8) is 0 Å². The summed E-state index contributed by atoms with van der Waals surface area (Å²) in [5.74, 6) is -6.30. The predicted molar refractivity (Wildman–Crippen MR) is 129 cm³/mol. The third-order valence-corrected chi connectivity index (χ3v) is 7.99. The molecule has 0 spiro atoms. The quantitative estimate of drug-likeness (QED) is 0.510. The van der Waals surface area contributed by atoms with Crippen molar-refractivity contribution in [2.75, 3.05) is 18.4 Å². The summed E-state index contributed by atoms with van der Waals surface area (Å²) in [5.41, 5.74) is 1.39. The molecule has 3 aliphatic heterocycles. The summed E-state index contributed by atoms with van der Waals surface area (Å²) in [6.45, 7) is 2.17. The van der Waals surface area contributed by atoms with Gasteiger partial charge in [0.2, 0.25) is 17.7 Å². The van der Waals surface area contributed by atoms with Crippen molar-refractivity contribution in [3.05, 3.63) is 28.8 Å². The van der Waals surface area contributed by atoms with Crippen LogP contribution in [0.3, 0.4) is 0 Å². The minimum Gasteiger partial charge on any atom is -0.376 e. The number of hydrogen-bond donors (Lipinski definition) is 3. The van der Waals surface area contributed by atoms with E-state index in [1.54, 1.807) is 25.1 Å². The Bertz CT molecular complexity index is 1080. The van der Waals surface area contributed by atoms with Gasteiger partial charge in [0.1, 0.15) is 12.1 Å². The number of rotatable bonds is 7. The molecule has 8 nitrogen and oxygen atoms in total. The summed E-state index contributed by atoms with van der Waals surface area (Å²) in [4.78, 5) is 40.0. The Morgan fingerprint density at radius 3 is 2.81 bits per heavy atom. The molecule has 5 atom stereocenters. The highest BCUT2D eigenvalue weighted by Gasteiger charge is 2.60. The Hall–Kier alpha value is -2.93. The van der Waals surface area contributed by atoms with Crippen LogP contribution in [0.15, 0.2) is 18.2 Å². The molecule has 1 saturated carbocycles. The van der Waals surface area contributed by atoms with E-state index in [-0.39, 0.29) is 25.3 Å². The lowest BCUT2D eigenvalue weighted by Gasteiger charge is -2.53. The van der Waals surface area contributed by atoms with E-state index in [2.05, 4.69) is 16.0 Å². The van der Waals surface area contributed by atoms with Crippen LogP contribution in [0.25, 0.3) is 0 Å². The molecular weight excluding hydrogens is 492 g/mol. The van der Waals surface area contributed by atoms with Gasteiger partial charge in [-0.1, -0.05) is 17.7 Å². The molecule has 5 rings (SSSR count). The molecule has 0 radical (unpaired) electrons. The molecule has 36 heavy (non-hydrogen) atoms. The van der Waals surface area contributed by atoms with Crippen LogP contribution in [-0.2, 0) is 14.4 Å². The first kappa shape index (κ1) is 26.1. The monoisotopic (exact) mass is 521 g/mol. The summed E-state index contributed by atoms with van der Waals surface area (Å²) in [6.07, 6.45) is 1.45. The van der Waals surface area contributed by atoms with Crippen molar-refractivity contribution in [3.8, 4) is 6.07 Å². The van der Waals surface area contributed by atoms with Crippen LogP contribution in [0, 0.1) is 30.1 Å². The Balaban J connectivity index is 1.50. The van der Waals surface area contributed by atoms with Gasteiger partial charge in [0.05, 0.1) is 18.5 Å². The van der Waals surface area contributed by atoms with Gasteiger partial charge in [-0.05, 0) is 56.7 Å². The molecule has 0 unspecified atom stereocenters. The number of benzene rings is 1. The van der Waals surface area contributed by atoms with Crippen molar-refractivity contribution in [1.29, 1.82) is 5.26 Å². The first-order valence-corrected chi connectivity index (χ1v) is 12.7. The number of carbonyl (C=O) groups is 3. The summed E-state index contributed by atoms with van der Waals surface area (Å²) < 4.78 is 29.7. The summed E-state index contributed by atoms with van der Waals surface area (Å²) in [5, 5.41) is 18.4. The van der Waals surface area contributed by atoms with E-state index in [1.165, 1.54) is 4.90 Å². The van der Waals surface area contributed by atoms with Crippen LogP contribution >= 0.6 is 11.6 Å². The zero-order chi connectivity index (χ0) is 26.0. The van der Waals surface area contributed by atoms with E-state index < -0.39 is 54.1 Å². The highest BCUT2D eigenvalue weighted by Crippen LogP contribution is 2.49. The second-order valence-corrected chi connectivity index (χ2v) is 10.3. The topological polar surface area (TPSA) is 114 Å². The van der Waals surface area contributed by atoms with E-state index in [4.69, 9.17) is 11.6 Å². The lowest BCUT2D eigenvalue weighted by molar-refractivity contribution is -0.193. The van der Waals surface area contributed by atoms with Crippen molar-refractivity contribution in [2.45, 2.75) is 69.5 Å². The van der Waals surface area contributed by atoms with Crippen molar-refractivity contribution < 1.29 is 23.2 Å². The molecule has 2 bridgehead atoms. The average Bonchev–Trinajstić information content (AvgIpc) is 2.84. The normalized spacial score (nSPS) is 27.5. The lowest BCUT2D eigenvalue weighted by atomic mass is 9.71. The number of alkyl halides is 2. The first-order chi connectivity index (χ1) is 17.1. The fraction of sp³-hybridized carbons (Fsp3) is 0.600. The molecule has 3 heterocycles. The number of nitriles is 1. The molecule has 3 amide bonds. The third kappa shape index (κ3) is 5.26. The second kappa shape index (κ2) is 10.6. The Morgan fingerprint density at radius 1 is 1.33 bits per heavy atom. The molecule has 3 N–H and O–H groups in total. The second-order valence-electron chi connectivity index (χ2n) is 9.87. The SMILES string of the molecule is Cc1c(Cl)cccc1NCC(=O)N1[C@@H]2CC[C@H]([C@@H]1C(=O)N[C@@H](C#N)C[C@@H]1CCCNC1=O)C(F)(F)C2. The maximum Gasteiger partial charge on any atom is 0.255 e. The molecule has 1 aromatic rings. The standard InChI is InChI=1S/C25H30ClF2N5O3/c1-14-19(26)5-2-6-20(14)31-13-21(34)33-17-7-8-18(25(27,28)11-17)22(33)24(36)32-16(12-29)10-15-4-3-9-30-23(15)35/h2,5-6,15-18,22,31H,3-4,7-11,13H2,1H3,(H,30,35)(H,32,36)/t15-,16+,17+,18+,22+/m0/s1. The number of fused-ring (bicyclic) bond motifs is 3. The number of amides is 3. The third-order valence-electron chi connectivity index (χ3n) is 7.58. The number of piperidine rings is 3. The molecule has 0 aromatic heterocycles. The van der Waals surface area contributed by atoms with Gasteiger partial charge < -0.3 is 20.9 Å². The van der Waals surface area contributed by atoms with Gasteiger partial charge in [-0.3, -0.25) is 14.4 Å². The predicted octanol–water partition coefficient (Wildman–Crippen LogP) is 3.00. The number of carbonyl (C=O) groups excluding carboxylic acids is 3. The fourth-order valence-corrected chi connectivity index (χ4v) is 5.85. The number of hydrogen-bond acceptors (Lipinski definition) is 5. The van der Waals surface area contributed by atoms with Crippen LogP contribution in [-0.4, -0.2) is 59.8 Å². The van der Waals surface area contributed by atoms with E-state index in [9.17, 15) is 28.4 Å². The van der Waals surface area contributed by atoms with Crippen LogP contribution < -0.4 is 16.0 Å². The van der Waals surface area contributed by atoms with Crippen LogP contribution in [0.4, 0.5) is 14.5 Å². The lowest BCUT2D eigenvalue weighted by Crippen LogP contribution is -2.69. The van der Waals surface area contributed by atoms with E-state index in [0.29, 0.717) is 30.1 Å². The smallest absolute Gasteiger partial charge is 0.255 e. The van der Waals surface area contributed by atoms with Gasteiger partial charge >= 0.3 is 0 Å². The van der Waals surface area contributed by atoms with E-state index >= 15 is 0 Å². The van der Waals surface area contributed by atoms with Gasteiger partial charge in [-0.2, -0.15) is 5.26 Å². The highest BCUT2D eigenvalue weighted by atomic mass is 35.5. The number of nitrogens with one attached hydrogen (secondary N) is 3. The molecule has 11 heteroatoms. The summed E-state index contributed by atoms with van der Waals surface area (Å²) in [6, 6.07) is 4.00. The molecule has 194 valence electrons. The first-order valence-electron chi connectivity index (χ1n) is 12.3. The Kier molecular flexibility index (Phi) is 7.69.